The minimum atomic E-state index is -0.255. The largest absolute Gasteiger partial charge is 0.450 e. The number of fused-ring (bicyclic) bond motifs is 2. The molecule has 2 aliphatic heterocycles. The van der Waals surface area contributed by atoms with Gasteiger partial charge in [0, 0.05) is 24.2 Å². The Hall–Kier alpha value is -1.50. The number of aryl methyl sites for hydroxylation is 1. The number of carbonyl (C=O) groups is 1. The molecule has 2 N–H and O–H groups in total. The molecule has 30 heavy (non-hydrogen) atoms. The van der Waals surface area contributed by atoms with Crippen molar-refractivity contribution in [2.24, 2.45) is 4.99 Å². The summed E-state index contributed by atoms with van der Waals surface area (Å²) in [6.07, 6.45) is 5.19. The predicted octanol–water partition coefficient (Wildman–Crippen LogP) is 5.67. The molecule has 1 aromatic rings. The molecule has 1 aromatic carbocycles. The number of nitrogens with zero attached hydrogens (tertiary/aromatic N) is 2. The number of nitrogen functional groups attached to an aromatic ring is 1. The van der Waals surface area contributed by atoms with Gasteiger partial charge in [-0.05, 0) is 49.8 Å². The number of aliphatic imine (C=N–C) groups is 1. The van der Waals surface area contributed by atoms with Crippen LogP contribution in [0.25, 0.3) is 5.57 Å². The second-order valence-electron chi connectivity index (χ2n) is 7.68. The van der Waals surface area contributed by atoms with Gasteiger partial charge >= 0.3 is 6.09 Å². The molecule has 0 bridgehead atoms. The van der Waals surface area contributed by atoms with Crippen LogP contribution in [0.5, 0.6) is 0 Å². The van der Waals surface area contributed by atoms with E-state index in [0.29, 0.717) is 42.0 Å². The monoisotopic (exact) mass is 511 g/mol. The summed E-state index contributed by atoms with van der Waals surface area (Å²) in [5.74, 6) is 0. The average Bonchev–Trinajstić information content (AvgIpc) is 2.89. The van der Waals surface area contributed by atoms with Crippen molar-refractivity contribution in [2.75, 3.05) is 32.0 Å². The van der Waals surface area contributed by atoms with E-state index in [4.69, 9.17) is 38.7 Å². The number of likely N-dealkylation sites (tertiary alicyclic amines) is 1. The minimum Gasteiger partial charge on any atom is -0.450 e. The van der Waals surface area contributed by atoms with Crippen molar-refractivity contribution in [1.82, 2.24) is 4.90 Å². The fourth-order valence-corrected chi connectivity index (χ4v) is 5.43. The van der Waals surface area contributed by atoms with Crippen LogP contribution in [-0.4, -0.2) is 47.8 Å². The smallest absolute Gasteiger partial charge is 0.409 e. The van der Waals surface area contributed by atoms with Gasteiger partial charge in [0.25, 0.3) is 0 Å². The third kappa shape index (κ3) is 4.02. The normalized spacial score (nSPS) is 21.3. The van der Waals surface area contributed by atoms with Gasteiger partial charge < -0.3 is 15.4 Å². The highest BCUT2D eigenvalue weighted by molar-refractivity contribution is 9.09. The molecule has 2 heterocycles. The van der Waals surface area contributed by atoms with Crippen LogP contribution in [0, 0.1) is 0 Å². The molecule has 1 atom stereocenters. The highest BCUT2D eigenvalue weighted by Gasteiger charge is 2.32. The first-order chi connectivity index (χ1) is 14.4. The first kappa shape index (κ1) is 21.7. The molecule has 0 spiro atoms. The van der Waals surface area contributed by atoms with Gasteiger partial charge in [-0.25, -0.2) is 4.79 Å². The Balaban J connectivity index is 1.82. The maximum absolute atomic E-state index is 12.1. The van der Waals surface area contributed by atoms with Crippen LogP contribution in [0.15, 0.2) is 28.3 Å². The van der Waals surface area contributed by atoms with Crippen molar-refractivity contribution in [1.29, 1.82) is 0 Å². The van der Waals surface area contributed by atoms with Gasteiger partial charge in [0.2, 0.25) is 0 Å². The molecule has 8 heteroatoms. The lowest BCUT2D eigenvalue weighted by Crippen LogP contribution is -2.37. The first-order valence-corrected chi connectivity index (χ1v) is 11.9. The summed E-state index contributed by atoms with van der Waals surface area (Å²) < 4.78 is 5.16. The molecule has 0 saturated carbocycles. The molecule has 5 nitrogen and oxygen atoms in total. The molecule has 1 unspecified atom stereocenters. The number of anilines is 1. The van der Waals surface area contributed by atoms with Crippen molar-refractivity contribution in [2.45, 2.75) is 37.4 Å². The number of rotatable bonds is 1. The molecule has 1 saturated heterocycles. The van der Waals surface area contributed by atoms with Gasteiger partial charge in [-0.1, -0.05) is 50.8 Å². The van der Waals surface area contributed by atoms with Crippen LogP contribution in [0.4, 0.5) is 10.5 Å². The van der Waals surface area contributed by atoms with Crippen LogP contribution in [-0.2, 0) is 11.2 Å². The topological polar surface area (TPSA) is 67.9 Å². The van der Waals surface area contributed by atoms with Crippen molar-refractivity contribution in [3.8, 4) is 0 Å². The number of hydrogen-bond donors (Lipinski definition) is 1. The molecule has 1 amide bonds. The number of nitrogens with two attached hydrogens (primary N) is 1. The zero-order valence-electron chi connectivity index (χ0n) is 16.8. The molecule has 1 fully saturated rings. The van der Waals surface area contributed by atoms with E-state index in [9.17, 15) is 4.79 Å². The van der Waals surface area contributed by atoms with Gasteiger partial charge in [-0.2, -0.15) is 0 Å². The standard InChI is InChI=1S/C22H24BrCl2N3O2/c1-2-30-22(29)28-7-5-12(6-8-28)18-17-13(10-16(24)20(26)19(17)25)3-4-14-9-15(23)11-27-21(14)18/h9-10,15H,2-8,11,26H2,1H3. The highest BCUT2D eigenvalue weighted by Crippen LogP contribution is 2.44. The van der Waals surface area contributed by atoms with E-state index in [1.807, 2.05) is 13.0 Å². The Morgan fingerprint density at radius 1 is 1.30 bits per heavy atom. The fourth-order valence-electron chi connectivity index (χ4n) is 4.38. The molecule has 0 radical (unpaired) electrons. The number of amides is 1. The third-order valence-corrected chi connectivity index (χ3v) is 7.10. The van der Waals surface area contributed by atoms with E-state index in [0.717, 1.165) is 48.1 Å². The van der Waals surface area contributed by atoms with Crippen LogP contribution in [0.1, 0.15) is 37.3 Å². The molecular weight excluding hydrogens is 489 g/mol. The molecule has 1 aliphatic carbocycles. The zero-order chi connectivity index (χ0) is 21.4. The van der Waals surface area contributed by atoms with E-state index in [-0.39, 0.29) is 10.9 Å². The third-order valence-electron chi connectivity index (χ3n) is 5.84. The number of benzene rings is 1. The predicted molar refractivity (Wildman–Crippen MR) is 127 cm³/mol. The Labute approximate surface area is 195 Å². The number of ether oxygens (including phenoxy) is 1. The van der Waals surface area contributed by atoms with Crippen LogP contribution < -0.4 is 5.73 Å². The summed E-state index contributed by atoms with van der Waals surface area (Å²) >= 11 is 16.8. The summed E-state index contributed by atoms with van der Waals surface area (Å²) in [7, 11) is 0. The second kappa shape index (κ2) is 8.93. The number of alkyl halides is 1. The first-order valence-electron chi connectivity index (χ1n) is 10.2. The number of piperidine rings is 1. The Morgan fingerprint density at radius 3 is 2.73 bits per heavy atom. The summed E-state index contributed by atoms with van der Waals surface area (Å²) in [4.78, 5) is 19.1. The van der Waals surface area contributed by atoms with Gasteiger partial charge in [0.05, 0.1) is 39.4 Å². The van der Waals surface area contributed by atoms with E-state index >= 15 is 0 Å². The maximum Gasteiger partial charge on any atom is 0.409 e. The molecule has 0 aromatic heterocycles. The minimum absolute atomic E-state index is 0.235. The summed E-state index contributed by atoms with van der Waals surface area (Å²) in [6.45, 7) is 4.11. The van der Waals surface area contributed by atoms with Crippen LogP contribution >= 0.6 is 39.1 Å². The molecule has 3 aliphatic rings. The molecule has 4 rings (SSSR count). The van der Waals surface area contributed by atoms with E-state index in [1.165, 1.54) is 11.1 Å². The zero-order valence-corrected chi connectivity index (χ0v) is 19.9. The lowest BCUT2D eigenvalue weighted by Gasteiger charge is -2.30. The van der Waals surface area contributed by atoms with Gasteiger partial charge in [-0.3, -0.25) is 4.99 Å². The number of dihydropyridines is 1. The summed E-state index contributed by atoms with van der Waals surface area (Å²) in [5, 5.41) is 0.983. The number of carbonyl (C=O) groups excluding carboxylic acids is 1. The van der Waals surface area contributed by atoms with E-state index in [2.05, 4.69) is 22.0 Å². The second-order valence-corrected chi connectivity index (χ2v) is 9.64. The molecular formula is C22H24BrCl2N3O2. The highest BCUT2D eigenvalue weighted by atomic mass is 79.9. The van der Waals surface area contributed by atoms with Gasteiger partial charge in [0.1, 0.15) is 0 Å². The number of halogens is 3. The average molecular weight is 513 g/mol. The Bertz CT molecular complexity index is 977. The van der Waals surface area contributed by atoms with Crippen LogP contribution in [0.2, 0.25) is 10.0 Å². The summed E-state index contributed by atoms with van der Waals surface area (Å²) in [5.41, 5.74) is 13.2. The Kier molecular flexibility index (Phi) is 6.47. The summed E-state index contributed by atoms with van der Waals surface area (Å²) in [6, 6.07) is 1.94. The number of hydrogen-bond acceptors (Lipinski definition) is 4. The lowest BCUT2D eigenvalue weighted by molar-refractivity contribution is 0.104. The Morgan fingerprint density at radius 2 is 2.03 bits per heavy atom. The number of allylic oxidation sites excluding steroid dienone is 2. The fraction of sp³-hybridized carbons (Fsp3) is 0.455. The van der Waals surface area contributed by atoms with Gasteiger partial charge in [0.15, 0.2) is 0 Å². The molecule has 160 valence electrons. The van der Waals surface area contributed by atoms with E-state index < -0.39 is 0 Å². The van der Waals surface area contributed by atoms with Crippen molar-refractivity contribution >= 4 is 62.2 Å². The van der Waals surface area contributed by atoms with Gasteiger partial charge in [-0.15, -0.1) is 0 Å². The maximum atomic E-state index is 12.1. The quantitative estimate of drug-likeness (QED) is 0.389. The van der Waals surface area contributed by atoms with Crippen molar-refractivity contribution in [3.63, 3.8) is 0 Å². The van der Waals surface area contributed by atoms with Crippen LogP contribution in [0.3, 0.4) is 0 Å². The SMILES string of the molecule is CCOC(=O)N1CCC(=C2C3=NCC(Br)C=C3CCc3cc(Cl)c(N)c(Cl)c32)CC1. The lowest BCUT2D eigenvalue weighted by atomic mass is 9.86. The van der Waals surface area contributed by atoms with Crippen molar-refractivity contribution < 1.29 is 9.53 Å². The van der Waals surface area contributed by atoms with Crippen molar-refractivity contribution in [3.05, 3.63) is 44.5 Å². The van der Waals surface area contributed by atoms with E-state index in [1.54, 1.807) is 4.90 Å².